The molecule has 0 spiro atoms. The third-order valence-corrected chi connectivity index (χ3v) is 7.06. The van der Waals surface area contributed by atoms with Crippen molar-refractivity contribution in [2.45, 2.75) is 17.0 Å². The van der Waals surface area contributed by atoms with E-state index in [1.165, 1.54) is 16.8 Å². The summed E-state index contributed by atoms with van der Waals surface area (Å²) < 4.78 is 29.3. The van der Waals surface area contributed by atoms with Crippen molar-refractivity contribution in [3.8, 4) is 0 Å². The summed E-state index contributed by atoms with van der Waals surface area (Å²) >= 11 is 6.31. The molecule has 6 nitrogen and oxygen atoms in total. The van der Waals surface area contributed by atoms with Crippen LogP contribution in [0.4, 0.5) is 5.69 Å². The number of nitrogens with zero attached hydrogens (tertiary/aromatic N) is 3. The van der Waals surface area contributed by atoms with Crippen LogP contribution < -0.4 is 5.32 Å². The van der Waals surface area contributed by atoms with Gasteiger partial charge in [-0.25, -0.2) is 13.4 Å². The lowest BCUT2D eigenvalue weighted by Crippen LogP contribution is -2.32. The Hall–Kier alpha value is -2.35. The van der Waals surface area contributed by atoms with E-state index in [-0.39, 0.29) is 17.0 Å². The van der Waals surface area contributed by atoms with Crippen LogP contribution in [0, 0.1) is 0 Å². The quantitative estimate of drug-likeness (QED) is 0.692. The minimum atomic E-state index is -3.67. The van der Waals surface area contributed by atoms with E-state index in [0.717, 1.165) is 11.3 Å². The first-order valence-electron chi connectivity index (χ1n) is 8.99. The lowest BCUT2D eigenvalue weighted by Gasteiger charge is -2.22. The number of rotatable bonds is 5. The molecule has 2 atom stereocenters. The van der Waals surface area contributed by atoms with E-state index in [0.29, 0.717) is 18.1 Å². The van der Waals surface area contributed by atoms with Crippen molar-refractivity contribution in [2.24, 2.45) is 7.05 Å². The first kappa shape index (κ1) is 19.0. The molecule has 0 radical (unpaired) electrons. The van der Waals surface area contributed by atoms with Crippen molar-refractivity contribution < 1.29 is 8.42 Å². The first-order chi connectivity index (χ1) is 13.4. The van der Waals surface area contributed by atoms with E-state index < -0.39 is 10.0 Å². The van der Waals surface area contributed by atoms with Gasteiger partial charge in [0.05, 0.1) is 17.0 Å². The number of hydrogen-bond acceptors (Lipinski definition) is 4. The molecule has 28 heavy (non-hydrogen) atoms. The molecule has 4 rings (SSSR count). The zero-order valence-corrected chi connectivity index (χ0v) is 16.9. The summed E-state index contributed by atoms with van der Waals surface area (Å²) in [5.41, 5.74) is 1.89. The van der Waals surface area contributed by atoms with Gasteiger partial charge in [0.1, 0.15) is 0 Å². The van der Waals surface area contributed by atoms with Crippen molar-refractivity contribution >= 4 is 27.3 Å². The predicted molar refractivity (Wildman–Crippen MR) is 110 cm³/mol. The predicted octanol–water partition coefficient (Wildman–Crippen LogP) is 3.34. The largest absolute Gasteiger partial charge is 0.379 e. The van der Waals surface area contributed by atoms with Gasteiger partial charge in [0.15, 0.2) is 5.03 Å². The van der Waals surface area contributed by atoms with Gasteiger partial charge in [-0.3, -0.25) is 0 Å². The summed E-state index contributed by atoms with van der Waals surface area (Å²) in [5, 5.41) is 4.13. The van der Waals surface area contributed by atoms with Crippen molar-refractivity contribution in [2.75, 3.05) is 18.4 Å². The second-order valence-electron chi connectivity index (χ2n) is 6.95. The highest BCUT2D eigenvalue weighted by Crippen LogP contribution is 2.34. The number of hydrogen-bond donors (Lipinski definition) is 1. The fourth-order valence-corrected chi connectivity index (χ4v) is 5.23. The molecule has 3 aromatic rings. The van der Waals surface area contributed by atoms with Crippen molar-refractivity contribution in [1.82, 2.24) is 13.9 Å². The van der Waals surface area contributed by atoms with Gasteiger partial charge < -0.3 is 9.88 Å². The molecule has 1 N–H and O–H groups in total. The molecule has 0 aliphatic carbocycles. The van der Waals surface area contributed by atoms with Gasteiger partial charge in [-0.2, -0.15) is 4.31 Å². The smallest absolute Gasteiger partial charge is 0.262 e. The lowest BCUT2D eigenvalue weighted by atomic mass is 9.94. The van der Waals surface area contributed by atoms with Crippen molar-refractivity contribution in [3.63, 3.8) is 0 Å². The van der Waals surface area contributed by atoms with Crippen LogP contribution in [-0.2, 0) is 17.1 Å². The van der Waals surface area contributed by atoms with Gasteiger partial charge in [0.25, 0.3) is 10.0 Å². The number of sulfonamides is 1. The standard InChI is InChI=1S/C20H21ClN4O2S/c1-24-13-20(22-14-24)28(26,27)25-11-16(15-7-3-2-4-8-15)19(12-25)23-18-10-6-5-9-17(18)21/h2-10,13-14,16,19,23H,11-12H2,1H3. The zero-order valence-electron chi connectivity index (χ0n) is 15.4. The third kappa shape index (κ3) is 3.65. The Bertz CT molecular complexity index is 1070. The number of benzene rings is 2. The van der Waals surface area contributed by atoms with Crippen molar-refractivity contribution in [1.29, 1.82) is 0 Å². The van der Waals surface area contributed by atoms with E-state index in [4.69, 9.17) is 11.6 Å². The maximum absolute atomic E-state index is 13.1. The van der Waals surface area contributed by atoms with Crippen LogP contribution in [-0.4, -0.2) is 41.4 Å². The minimum absolute atomic E-state index is 0.00374. The maximum Gasteiger partial charge on any atom is 0.262 e. The maximum atomic E-state index is 13.1. The summed E-state index contributed by atoms with van der Waals surface area (Å²) in [6.07, 6.45) is 3.03. The highest BCUT2D eigenvalue weighted by molar-refractivity contribution is 7.89. The Morgan fingerprint density at radius 2 is 1.79 bits per heavy atom. The Balaban J connectivity index is 1.66. The van der Waals surface area contributed by atoms with Gasteiger partial charge in [0, 0.05) is 38.3 Å². The Morgan fingerprint density at radius 3 is 2.46 bits per heavy atom. The zero-order chi connectivity index (χ0) is 19.7. The monoisotopic (exact) mass is 416 g/mol. The summed E-state index contributed by atoms with van der Waals surface area (Å²) in [4.78, 5) is 4.04. The van der Waals surface area contributed by atoms with Gasteiger partial charge >= 0.3 is 0 Å². The highest BCUT2D eigenvalue weighted by Gasteiger charge is 2.41. The van der Waals surface area contributed by atoms with Crippen LogP contribution in [0.2, 0.25) is 5.02 Å². The lowest BCUT2D eigenvalue weighted by molar-refractivity contribution is 0.468. The molecule has 2 aromatic carbocycles. The fourth-order valence-electron chi connectivity index (χ4n) is 3.58. The molecule has 1 aliphatic heterocycles. The number of halogens is 1. The normalized spacial score (nSPS) is 20.4. The topological polar surface area (TPSA) is 67.2 Å². The van der Waals surface area contributed by atoms with Crippen molar-refractivity contribution in [3.05, 3.63) is 77.7 Å². The number of imidazole rings is 1. The van der Waals surface area contributed by atoms with Gasteiger partial charge in [-0.15, -0.1) is 0 Å². The van der Waals surface area contributed by atoms with Gasteiger partial charge in [-0.1, -0.05) is 54.1 Å². The molecule has 1 fully saturated rings. The van der Waals surface area contributed by atoms with E-state index in [1.807, 2.05) is 54.6 Å². The van der Waals surface area contributed by atoms with Crippen LogP contribution in [0.3, 0.4) is 0 Å². The first-order valence-corrected chi connectivity index (χ1v) is 10.8. The van der Waals surface area contributed by atoms with E-state index >= 15 is 0 Å². The van der Waals surface area contributed by atoms with Crippen LogP contribution in [0.5, 0.6) is 0 Å². The van der Waals surface area contributed by atoms with Gasteiger partial charge in [0.2, 0.25) is 0 Å². The summed E-state index contributed by atoms with van der Waals surface area (Å²) in [6.45, 7) is 0.717. The summed E-state index contributed by atoms with van der Waals surface area (Å²) in [6, 6.07) is 17.3. The molecule has 8 heteroatoms. The molecule has 0 bridgehead atoms. The number of para-hydroxylation sites is 1. The average molecular weight is 417 g/mol. The molecule has 2 unspecified atom stereocenters. The second kappa shape index (κ2) is 7.58. The number of aryl methyl sites for hydroxylation is 1. The summed E-state index contributed by atoms with van der Waals surface area (Å²) in [7, 11) is -1.91. The van der Waals surface area contributed by atoms with Crippen LogP contribution in [0.25, 0.3) is 0 Å². The molecule has 146 valence electrons. The molecular formula is C20H21ClN4O2S. The van der Waals surface area contributed by atoms with Crippen LogP contribution >= 0.6 is 11.6 Å². The third-order valence-electron chi connectivity index (χ3n) is 5.01. The highest BCUT2D eigenvalue weighted by atomic mass is 35.5. The molecule has 1 aliphatic rings. The number of anilines is 1. The van der Waals surface area contributed by atoms with E-state index in [2.05, 4.69) is 10.3 Å². The molecule has 2 heterocycles. The fraction of sp³-hybridized carbons (Fsp3) is 0.250. The second-order valence-corrected chi connectivity index (χ2v) is 9.24. The Kier molecular flexibility index (Phi) is 5.14. The number of aromatic nitrogens is 2. The van der Waals surface area contributed by atoms with Crippen LogP contribution in [0.1, 0.15) is 11.5 Å². The van der Waals surface area contributed by atoms with Gasteiger partial charge in [-0.05, 0) is 17.7 Å². The molecule has 0 saturated carbocycles. The average Bonchev–Trinajstić information content (AvgIpc) is 3.32. The van der Waals surface area contributed by atoms with E-state index in [9.17, 15) is 8.42 Å². The molecule has 1 aromatic heterocycles. The number of nitrogens with one attached hydrogen (secondary N) is 1. The SMILES string of the molecule is Cn1cnc(S(=O)(=O)N2CC(Nc3ccccc3Cl)C(c3ccccc3)C2)c1. The van der Waals surface area contributed by atoms with E-state index in [1.54, 1.807) is 11.6 Å². The Morgan fingerprint density at radius 1 is 1.07 bits per heavy atom. The molecule has 1 saturated heterocycles. The molecular weight excluding hydrogens is 396 g/mol. The minimum Gasteiger partial charge on any atom is -0.379 e. The Labute approximate surface area is 169 Å². The summed E-state index contributed by atoms with van der Waals surface area (Å²) in [5.74, 6) is -0.00374. The van der Waals surface area contributed by atoms with Crippen LogP contribution in [0.15, 0.2) is 72.1 Å². The molecule has 0 amide bonds.